The van der Waals surface area contributed by atoms with E-state index in [0.29, 0.717) is 43.1 Å². The number of hydrogen-bond donors (Lipinski definition) is 3. The molecule has 0 saturated carbocycles. The monoisotopic (exact) mass is 513 g/mol. The molecule has 36 heavy (non-hydrogen) atoms. The lowest BCUT2D eigenvalue weighted by molar-refractivity contribution is 0.0787. The van der Waals surface area contributed by atoms with Crippen LogP contribution in [0.15, 0.2) is 30.3 Å². The number of nitrogens with one attached hydrogen (secondary N) is 3. The molecular formula is C24H29ClFN9O. The molecule has 4 heterocycles. The van der Waals surface area contributed by atoms with Gasteiger partial charge in [0.2, 0.25) is 5.95 Å². The summed E-state index contributed by atoms with van der Waals surface area (Å²) in [6.07, 6.45) is 0.697. The number of aromatic nitrogens is 4. The molecule has 10 nitrogen and oxygen atoms in total. The van der Waals surface area contributed by atoms with Crippen LogP contribution in [0.4, 0.5) is 27.8 Å². The Hall–Kier alpha value is -3.44. The van der Waals surface area contributed by atoms with Crippen molar-refractivity contribution in [3.05, 3.63) is 52.4 Å². The zero-order valence-electron chi connectivity index (χ0n) is 20.4. The molecule has 2 aliphatic rings. The summed E-state index contributed by atoms with van der Waals surface area (Å²) >= 11 is 5.83. The molecular weight excluding hydrogens is 485 g/mol. The van der Waals surface area contributed by atoms with E-state index in [4.69, 9.17) is 16.6 Å². The summed E-state index contributed by atoms with van der Waals surface area (Å²) in [5, 5.41) is 14.0. The Labute approximate surface area is 213 Å². The fraction of sp³-hybridized carbons (Fsp3) is 0.417. The first-order valence-corrected chi connectivity index (χ1v) is 12.2. The SMILES string of the molecule is Cc1cc(Nc2cc(N3CC(N(C)C)C3)nc(N[C@H]3CCN(C(=O)c4ccc(Cl)cc4F)C3)n2)n[nH]1. The van der Waals surface area contributed by atoms with Crippen molar-refractivity contribution in [1.29, 1.82) is 0 Å². The second kappa shape index (κ2) is 9.90. The lowest BCUT2D eigenvalue weighted by Gasteiger charge is -2.43. The minimum atomic E-state index is -0.616. The van der Waals surface area contributed by atoms with Gasteiger partial charge in [-0.15, -0.1) is 0 Å². The molecule has 0 radical (unpaired) electrons. The fourth-order valence-electron chi connectivity index (χ4n) is 4.39. The number of benzene rings is 1. The molecule has 12 heteroatoms. The van der Waals surface area contributed by atoms with E-state index in [-0.39, 0.29) is 22.5 Å². The van der Waals surface area contributed by atoms with Gasteiger partial charge in [0, 0.05) is 61.1 Å². The van der Waals surface area contributed by atoms with Crippen LogP contribution >= 0.6 is 11.6 Å². The van der Waals surface area contributed by atoms with E-state index in [2.05, 4.69) is 49.7 Å². The number of H-pyrrole nitrogens is 1. The Bertz CT molecular complexity index is 1260. The maximum atomic E-state index is 14.3. The molecule has 2 fully saturated rings. The molecule has 2 saturated heterocycles. The molecule has 0 bridgehead atoms. The summed E-state index contributed by atoms with van der Waals surface area (Å²) in [6.45, 7) is 4.61. The zero-order chi connectivity index (χ0) is 25.4. The molecule has 0 aliphatic carbocycles. The number of rotatable bonds is 7. The number of carbonyl (C=O) groups excluding carboxylic acids is 1. The van der Waals surface area contributed by atoms with Crippen molar-refractivity contribution in [2.24, 2.45) is 0 Å². The first kappa shape index (κ1) is 24.3. The fourth-order valence-corrected chi connectivity index (χ4v) is 4.54. The Morgan fingerprint density at radius 3 is 2.67 bits per heavy atom. The van der Waals surface area contributed by atoms with Gasteiger partial charge in [0.05, 0.1) is 5.56 Å². The molecule has 2 aromatic heterocycles. The third kappa shape index (κ3) is 5.21. The summed E-state index contributed by atoms with van der Waals surface area (Å²) in [5.41, 5.74) is 0.960. The van der Waals surface area contributed by atoms with Crippen LogP contribution in [-0.4, -0.2) is 88.2 Å². The normalized spacial score (nSPS) is 18.0. The predicted molar refractivity (Wildman–Crippen MR) is 138 cm³/mol. The van der Waals surface area contributed by atoms with E-state index in [9.17, 15) is 9.18 Å². The highest BCUT2D eigenvalue weighted by atomic mass is 35.5. The summed E-state index contributed by atoms with van der Waals surface area (Å²) in [4.78, 5) is 28.3. The van der Waals surface area contributed by atoms with E-state index >= 15 is 0 Å². The van der Waals surface area contributed by atoms with Crippen molar-refractivity contribution in [1.82, 2.24) is 30.0 Å². The standard InChI is InChI=1S/C24H29ClFN9O/c1-14-8-21(32-31-14)28-20-10-22(35-12-17(13-35)33(2)3)30-24(29-20)27-16-6-7-34(11-16)23(36)18-5-4-15(25)9-19(18)26/h4-5,8-10,16-17H,6-7,11-13H2,1-3H3,(H3,27,28,29,30,31,32)/t16-/m0/s1. The topological polar surface area (TPSA) is 105 Å². The number of nitrogens with zero attached hydrogens (tertiary/aromatic N) is 6. The van der Waals surface area contributed by atoms with Gasteiger partial charge in [-0.25, -0.2) is 4.39 Å². The van der Waals surface area contributed by atoms with Gasteiger partial charge in [-0.05, 0) is 45.6 Å². The molecule has 5 rings (SSSR count). The van der Waals surface area contributed by atoms with Crippen LogP contribution in [0.2, 0.25) is 5.02 Å². The summed E-state index contributed by atoms with van der Waals surface area (Å²) in [6, 6.07) is 8.33. The quantitative estimate of drug-likeness (QED) is 0.442. The number of amides is 1. The maximum absolute atomic E-state index is 14.3. The average Bonchev–Trinajstić information content (AvgIpc) is 3.41. The van der Waals surface area contributed by atoms with Crippen LogP contribution in [0.1, 0.15) is 22.5 Å². The van der Waals surface area contributed by atoms with E-state index in [1.165, 1.54) is 12.1 Å². The third-order valence-corrected chi connectivity index (χ3v) is 6.80. The molecule has 1 aromatic carbocycles. The van der Waals surface area contributed by atoms with Crippen molar-refractivity contribution in [3.8, 4) is 0 Å². The molecule has 0 spiro atoms. The molecule has 3 aromatic rings. The first-order valence-electron chi connectivity index (χ1n) is 11.9. The zero-order valence-corrected chi connectivity index (χ0v) is 21.2. The smallest absolute Gasteiger partial charge is 0.256 e. The number of anilines is 4. The summed E-state index contributed by atoms with van der Waals surface area (Å²) in [7, 11) is 4.15. The lowest BCUT2D eigenvalue weighted by atomic mass is 10.1. The van der Waals surface area contributed by atoms with Gasteiger partial charge in [0.1, 0.15) is 17.5 Å². The van der Waals surface area contributed by atoms with Crippen LogP contribution in [-0.2, 0) is 0 Å². The minimum absolute atomic E-state index is 0.0207. The van der Waals surface area contributed by atoms with Crippen LogP contribution in [0.3, 0.4) is 0 Å². The van der Waals surface area contributed by atoms with Crippen molar-refractivity contribution >= 4 is 40.9 Å². The number of likely N-dealkylation sites (N-methyl/N-ethyl adjacent to an activating group) is 1. The highest BCUT2D eigenvalue weighted by Crippen LogP contribution is 2.27. The summed E-state index contributed by atoms with van der Waals surface area (Å²) in [5.74, 6) is 1.60. The molecule has 1 atom stereocenters. The van der Waals surface area contributed by atoms with Crippen LogP contribution in [0.5, 0.6) is 0 Å². The van der Waals surface area contributed by atoms with Crippen LogP contribution in [0.25, 0.3) is 0 Å². The molecule has 0 unspecified atom stereocenters. The maximum Gasteiger partial charge on any atom is 0.256 e. The molecule has 1 amide bonds. The Morgan fingerprint density at radius 1 is 1.17 bits per heavy atom. The van der Waals surface area contributed by atoms with Gasteiger partial charge in [-0.3, -0.25) is 9.89 Å². The Morgan fingerprint density at radius 2 is 1.97 bits per heavy atom. The van der Waals surface area contributed by atoms with Crippen molar-refractivity contribution in [3.63, 3.8) is 0 Å². The van der Waals surface area contributed by atoms with Gasteiger partial charge in [-0.1, -0.05) is 11.6 Å². The van der Waals surface area contributed by atoms with Crippen molar-refractivity contribution < 1.29 is 9.18 Å². The van der Waals surface area contributed by atoms with Gasteiger partial charge in [-0.2, -0.15) is 15.1 Å². The van der Waals surface area contributed by atoms with Gasteiger partial charge in [0.25, 0.3) is 5.91 Å². The van der Waals surface area contributed by atoms with Gasteiger partial charge >= 0.3 is 0 Å². The molecule has 3 N–H and O–H groups in total. The first-order chi connectivity index (χ1) is 17.2. The average molecular weight is 514 g/mol. The third-order valence-electron chi connectivity index (χ3n) is 6.56. The molecule has 190 valence electrons. The second-order valence-corrected chi connectivity index (χ2v) is 9.96. The van der Waals surface area contributed by atoms with Crippen molar-refractivity contribution in [2.45, 2.75) is 25.4 Å². The van der Waals surface area contributed by atoms with E-state index in [1.807, 2.05) is 19.1 Å². The van der Waals surface area contributed by atoms with Crippen LogP contribution in [0, 0.1) is 12.7 Å². The highest BCUT2D eigenvalue weighted by molar-refractivity contribution is 6.30. The number of carbonyl (C=O) groups is 1. The second-order valence-electron chi connectivity index (χ2n) is 9.52. The van der Waals surface area contributed by atoms with Crippen molar-refractivity contribution in [2.75, 3.05) is 55.8 Å². The van der Waals surface area contributed by atoms with E-state index < -0.39 is 5.82 Å². The number of hydrogen-bond acceptors (Lipinski definition) is 8. The van der Waals surface area contributed by atoms with Gasteiger partial charge < -0.3 is 25.3 Å². The van der Waals surface area contributed by atoms with E-state index in [0.717, 1.165) is 30.7 Å². The Kier molecular flexibility index (Phi) is 6.67. The number of halogens is 2. The van der Waals surface area contributed by atoms with E-state index in [1.54, 1.807) is 4.90 Å². The number of likely N-dealkylation sites (tertiary alicyclic amines) is 1. The number of aromatic amines is 1. The minimum Gasteiger partial charge on any atom is -0.353 e. The van der Waals surface area contributed by atoms with Crippen LogP contribution < -0.4 is 15.5 Å². The highest BCUT2D eigenvalue weighted by Gasteiger charge is 2.31. The molecule has 2 aliphatic heterocycles. The predicted octanol–water partition coefficient (Wildman–Crippen LogP) is 3.12. The number of aryl methyl sites for hydroxylation is 1. The van der Waals surface area contributed by atoms with Gasteiger partial charge in [0.15, 0.2) is 5.82 Å². The summed E-state index contributed by atoms with van der Waals surface area (Å²) < 4.78 is 14.3. The largest absolute Gasteiger partial charge is 0.353 e. The Balaban J connectivity index is 1.30. The lowest BCUT2D eigenvalue weighted by Crippen LogP contribution is -2.57.